The zero-order chi connectivity index (χ0) is 13.7. The summed E-state index contributed by atoms with van der Waals surface area (Å²) in [6.07, 6.45) is 4.71. The molecule has 1 aromatic heterocycles. The monoisotopic (exact) mass is 256 g/mol. The largest absolute Gasteiger partial charge is 0.353 e. The average Bonchev–Trinajstić information content (AvgIpc) is 2.46. The molecule has 4 nitrogen and oxygen atoms in total. The van der Waals surface area contributed by atoms with Gasteiger partial charge in [0, 0.05) is 30.5 Å². The summed E-state index contributed by atoms with van der Waals surface area (Å²) in [5.41, 5.74) is 9.16. The Bertz CT molecular complexity index is 503. The fourth-order valence-electron chi connectivity index (χ4n) is 1.75. The van der Waals surface area contributed by atoms with Gasteiger partial charge in [-0.3, -0.25) is 0 Å². The number of aromatic nitrogens is 2. The van der Waals surface area contributed by atoms with Gasteiger partial charge in [-0.2, -0.15) is 0 Å². The summed E-state index contributed by atoms with van der Waals surface area (Å²) in [4.78, 5) is 8.58. The summed E-state index contributed by atoms with van der Waals surface area (Å²) >= 11 is 0. The lowest BCUT2D eigenvalue weighted by molar-refractivity contribution is 0.773. The fraction of sp³-hybridized carbons (Fsp3) is 0.333. The van der Waals surface area contributed by atoms with E-state index in [4.69, 9.17) is 5.73 Å². The fourth-order valence-corrected chi connectivity index (χ4v) is 1.75. The lowest BCUT2D eigenvalue weighted by Gasteiger charge is -2.08. The summed E-state index contributed by atoms with van der Waals surface area (Å²) in [5.74, 6) is 0.617. The van der Waals surface area contributed by atoms with Gasteiger partial charge in [-0.05, 0) is 24.5 Å². The molecule has 0 amide bonds. The van der Waals surface area contributed by atoms with E-state index in [1.165, 1.54) is 5.56 Å². The van der Waals surface area contributed by atoms with Gasteiger partial charge in [0.2, 0.25) is 5.95 Å². The van der Waals surface area contributed by atoms with Gasteiger partial charge in [0.25, 0.3) is 0 Å². The molecule has 1 atom stereocenters. The molecule has 4 heteroatoms. The molecule has 0 spiro atoms. The number of nitrogens with one attached hydrogen (secondary N) is 1. The van der Waals surface area contributed by atoms with Gasteiger partial charge in [0.05, 0.1) is 0 Å². The van der Waals surface area contributed by atoms with Crippen molar-refractivity contribution in [2.75, 3.05) is 11.9 Å². The van der Waals surface area contributed by atoms with E-state index in [0.29, 0.717) is 12.5 Å². The molecule has 2 rings (SSSR count). The first-order valence-corrected chi connectivity index (χ1v) is 6.60. The van der Waals surface area contributed by atoms with Crippen LogP contribution >= 0.6 is 0 Å². The molecular weight excluding hydrogens is 236 g/mol. The zero-order valence-corrected chi connectivity index (χ0v) is 11.4. The summed E-state index contributed by atoms with van der Waals surface area (Å²) in [5, 5.41) is 3.09. The molecule has 19 heavy (non-hydrogen) atoms. The van der Waals surface area contributed by atoms with Crippen molar-refractivity contribution in [2.24, 2.45) is 5.73 Å². The van der Waals surface area contributed by atoms with Gasteiger partial charge >= 0.3 is 0 Å². The molecule has 1 heterocycles. The Balaban J connectivity index is 2.08. The van der Waals surface area contributed by atoms with Crippen molar-refractivity contribution in [3.8, 4) is 11.1 Å². The van der Waals surface area contributed by atoms with Gasteiger partial charge in [-0.1, -0.05) is 31.2 Å². The molecule has 100 valence electrons. The van der Waals surface area contributed by atoms with Gasteiger partial charge in [-0.15, -0.1) is 0 Å². The highest BCUT2D eigenvalue weighted by molar-refractivity contribution is 5.62. The topological polar surface area (TPSA) is 63.8 Å². The van der Waals surface area contributed by atoms with Gasteiger partial charge < -0.3 is 11.1 Å². The minimum Gasteiger partial charge on any atom is -0.353 e. The van der Waals surface area contributed by atoms with Crippen molar-refractivity contribution in [2.45, 2.75) is 26.3 Å². The molecule has 0 saturated heterocycles. The van der Waals surface area contributed by atoms with E-state index in [2.05, 4.69) is 46.5 Å². The summed E-state index contributed by atoms with van der Waals surface area (Å²) in [7, 11) is 0. The Morgan fingerprint density at radius 3 is 2.26 bits per heavy atom. The van der Waals surface area contributed by atoms with Crippen LogP contribution < -0.4 is 11.1 Å². The standard InChI is InChI=1S/C15H20N4/c1-3-12-4-6-13(7-5-12)14-9-18-15(19-10-14)17-8-11(2)16/h4-7,9-11H,3,8,16H2,1-2H3,(H,17,18,19). The molecule has 1 aromatic carbocycles. The van der Waals surface area contributed by atoms with Crippen molar-refractivity contribution < 1.29 is 0 Å². The SMILES string of the molecule is CCc1ccc(-c2cnc(NCC(C)N)nc2)cc1. The molecule has 0 aliphatic carbocycles. The molecule has 0 saturated carbocycles. The third-order valence-electron chi connectivity index (χ3n) is 2.93. The highest BCUT2D eigenvalue weighted by Crippen LogP contribution is 2.18. The van der Waals surface area contributed by atoms with E-state index >= 15 is 0 Å². The quantitative estimate of drug-likeness (QED) is 0.862. The van der Waals surface area contributed by atoms with E-state index in [9.17, 15) is 0 Å². The molecular formula is C15H20N4. The van der Waals surface area contributed by atoms with E-state index < -0.39 is 0 Å². The number of aryl methyl sites for hydroxylation is 1. The summed E-state index contributed by atoms with van der Waals surface area (Å²) < 4.78 is 0. The molecule has 0 fully saturated rings. The normalized spacial score (nSPS) is 12.2. The van der Waals surface area contributed by atoms with Gasteiger partial charge in [0.15, 0.2) is 0 Å². The molecule has 3 N–H and O–H groups in total. The Morgan fingerprint density at radius 2 is 1.74 bits per heavy atom. The van der Waals surface area contributed by atoms with Crippen LogP contribution in [0.25, 0.3) is 11.1 Å². The van der Waals surface area contributed by atoms with Crippen LogP contribution in [-0.2, 0) is 6.42 Å². The lowest BCUT2D eigenvalue weighted by atomic mass is 10.1. The van der Waals surface area contributed by atoms with Crippen LogP contribution in [0.2, 0.25) is 0 Å². The van der Waals surface area contributed by atoms with Gasteiger partial charge in [-0.25, -0.2) is 9.97 Å². The second-order valence-electron chi connectivity index (χ2n) is 4.70. The minimum atomic E-state index is 0.0878. The maximum atomic E-state index is 5.67. The van der Waals surface area contributed by atoms with Crippen LogP contribution in [0.1, 0.15) is 19.4 Å². The van der Waals surface area contributed by atoms with E-state index in [-0.39, 0.29) is 6.04 Å². The molecule has 0 aliphatic heterocycles. The van der Waals surface area contributed by atoms with Crippen molar-refractivity contribution in [3.05, 3.63) is 42.2 Å². The number of nitrogens with two attached hydrogens (primary N) is 1. The Labute approximate surface area is 114 Å². The molecule has 0 aliphatic rings. The van der Waals surface area contributed by atoms with Crippen LogP contribution in [-0.4, -0.2) is 22.6 Å². The van der Waals surface area contributed by atoms with E-state index in [0.717, 1.165) is 17.5 Å². The Kier molecular flexibility index (Phi) is 4.47. The third kappa shape index (κ3) is 3.76. The van der Waals surface area contributed by atoms with Crippen molar-refractivity contribution >= 4 is 5.95 Å². The molecule has 2 aromatic rings. The molecule has 1 unspecified atom stereocenters. The van der Waals surface area contributed by atoms with Crippen LogP contribution in [0.3, 0.4) is 0 Å². The Hall–Kier alpha value is -1.94. The number of benzene rings is 1. The smallest absolute Gasteiger partial charge is 0.222 e. The first-order valence-electron chi connectivity index (χ1n) is 6.60. The molecule has 0 bridgehead atoms. The Morgan fingerprint density at radius 1 is 1.11 bits per heavy atom. The van der Waals surface area contributed by atoms with Crippen molar-refractivity contribution in [3.63, 3.8) is 0 Å². The zero-order valence-electron chi connectivity index (χ0n) is 11.4. The second kappa shape index (κ2) is 6.29. The predicted molar refractivity (Wildman–Crippen MR) is 79.0 cm³/mol. The van der Waals surface area contributed by atoms with Crippen LogP contribution in [0.4, 0.5) is 5.95 Å². The first kappa shape index (κ1) is 13.5. The average molecular weight is 256 g/mol. The summed E-state index contributed by atoms with van der Waals surface area (Å²) in [6, 6.07) is 8.57. The van der Waals surface area contributed by atoms with E-state index in [1.807, 2.05) is 19.3 Å². The maximum Gasteiger partial charge on any atom is 0.222 e. The molecule has 0 radical (unpaired) electrons. The maximum absolute atomic E-state index is 5.67. The minimum absolute atomic E-state index is 0.0878. The van der Waals surface area contributed by atoms with Gasteiger partial charge in [0.1, 0.15) is 0 Å². The number of hydrogen-bond acceptors (Lipinski definition) is 4. The first-order chi connectivity index (χ1) is 9.19. The highest BCUT2D eigenvalue weighted by atomic mass is 15.1. The highest BCUT2D eigenvalue weighted by Gasteiger charge is 2.01. The number of anilines is 1. The van der Waals surface area contributed by atoms with Crippen LogP contribution in [0, 0.1) is 0 Å². The number of nitrogens with zero attached hydrogens (tertiary/aromatic N) is 2. The number of rotatable bonds is 5. The second-order valence-corrected chi connectivity index (χ2v) is 4.70. The predicted octanol–water partition coefficient (Wildman–Crippen LogP) is 2.47. The van der Waals surface area contributed by atoms with Crippen molar-refractivity contribution in [1.29, 1.82) is 0 Å². The number of hydrogen-bond donors (Lipinski definition) is 2. The van der Waals surface area contributed by atoms with Crippen LogP contribution in [0.15, 0.2) is 36.7 Å². The van der Waals surface area contributed by atoms with Crippen LogP contribution in [0.5, 0.6) is 0 Å². The third-order valence-corrected chi connectivity index (χ3v) is 2.93. The lowest BCUT2D eigenvalue weighted by Crippen LogP contribution is -2.25. The van der Waals surface area contributed by atoms with Crippen molar-refractivity contribution in [1.82, 2.24) is 9.97 Å². The summed E-state index contributed by atoms with van der Waals surface area (Å²) in [6.45, 7) is 4.76. The van der Waals surface area contributed by atoms with E-state index in [1.54, 1.807) is 0 Å².